The summed E-state index contributed by atoms with van der Waals surface area (Å²) < 4.78 is 16.8. The Kier molecular flexibility index (Phi) is 52.5. The molecule has 0 aromatic carbocycles. The molecule has 6 heteroatoms. The van der Waals surface area contributed by atoms with Crippen molar-refractivity contribution in [2.75, 3.05) is 13.2 Å². The van der Waals surface area contributed by atoms with Gasteiger partial charge in [-0.3, -0.25) is 14.4 Å². The van der Waals surface area contributed by atoms with Gasteiger partial charge in [-0.2, -0.15) is 0 Å². The van der Waals surface area contributed by atoms with E-state index in [-0.39, 0.29) is 37.5 Å². The smallest absolute Gasteiger partial charge is 0.306 e. The number of rotatable bonds is 48. The molecule has 0 aromatic heterocycles. The fourth-order valence-corrected chi connectivity index (χ4v) is 7.18. The topological polar surface area (TPSA) is 78.9 Å². The summed E-state index contributed by atoms with van der Waals surface area (Å²) in [5.74, 6) is -0.974. The third-order valence-electron chi connectivity index (χ3n) is 11.3. The van der Waals surface area contributed by atoms with Gasteiger partial charge >= 0.3 is 17.9 Å². The highest BCUT2D eigenvalue weighted by Crippen LogP contribution is 2.14. The summed E-state index contributed by atoms with van der Waals surface area (Å²) in [6, 6.07) is 0. The van der Waals surface area contributed by atoms with E-state index in [0.717, 1.165) is 103 Å². The van der Waals surface area contributed by atoms with Crippen LogP contribution in [0.2, 0.25) is 0 Å². The molecular formula is C63H100O6. The summed E-state index contributed by atoms with van der Waals surface area (Å²) in [6.07, 6.45) is 78.6. The lowest BCUT2D eigenvalue weighted by Crippen LogP contribution is -2.30. The van der Waals surface area contributed by atoms with Gasteiger partial charge in [-0.15, -0.1) is 0 Å². The summed E-state index contributed by atoms with van der Waals surface area (Å²) in [6.45, 7) is 6.29. The van der Waals surface area contributed by atoms with Crippen LogP contribution in [0.1, 0.15) is 226 Å². The maximum absolute atomic E-state index is 12.8. The molecule has 0 amide bonds. The molecule has 1 atom stereocenters. The van der Waals surface area contributed by atoms with Gasteiger partial charge < -0.3 is 14.2 Å². The van der Waals surface area contributed by atoms with Crippen molar-refractivity contribution in [2.24, 2.45) is 0 Å². The van der Waals surface area contributed by atoms with Crippen molar-refractivity contribution >= 4 is 17.9 Å². The molecule has 6 nitrogen and oxygen atoms in total. The SMILES string of the molecule is CC\C=C/C=C\C=C/C=C\C=C\C=C/CCCCCC(=O)OC(COC(=O)CCCCCCCC/C=C\C=C/CCCCC)COC(=O)CCCCCCCCCCC/C=C\C/C=C\C/C=C\CC. The number of hydrogen-bond acceptors (Lipinski definition) is 6. The van der Waals surface area contributed by atoms with Crippen molar-refractivity contribution in [3.05, 3.63) is 134 Å². The Morgan fingerprint density at radius 2 is 0.638 bits per heavy atom. The van der Waals surface area contributed by atoms with Crippen LogP contribution in [0.25, 0.3) is 0 Å². The molecule has 0 aromatic rings. The molecule has 0 bridgehead atoms. The fourth-order valence-electron chi connectivity index (χ4n) is 7.18. The van der Waals surface area contributed by atoms with E-state index in [2.05, 4.69) is 93.7 Å². The van der Waals surface area contributed by atoms with Gasteiger partial charge in [0.1, 0.15) is 13.2 Å². The molecule has 0 saturated heterocycles. The highest BCUT2D eigenvalue weighted by Gasteiger charge is 2.19. The molecule has 0 fully saturated rings. The first-order chi connectivity index (χ1) is 34.0. The van der Waals surface area contributed by atoms with Crippen LogP contribution < -0.4 is 0 Å². The third-order valence-corrected chi connectivity index (χ3v) is 11.3. The standard InChI is InChI=1S/C63H100O6/c1-4-7-10-13-16-19-22-25-28-30-31-33-35-38-41-44-47-50-53-56-62(65)68-59-60(58-67-61(64)55-52-49-46-43-40-37-34-27-24-21-18-15-12-9-6-3)69-63(66)57-54-51-48-45-42-39-36-32-29-26-23-20-17-14-11-8-5-2/h7-8,10-11,14,16-21,23-29,32,36,39,42,60H,4-6,9,12-13,15,22,30-31,33-35,37-38,40-41,43-59H2,1-3H3/b10-7-,11-8-,17-14-,19-16-,21-18-,23-20-,27-24-,28-25-,29-26-,36-32+,42-39-. The minimum Gasteiger partial charge on any atom is -0.462 e. The predicted octanol–water partition coefficient (Wildman–Crippen LogP) is 18.6. The quantitative estimate of drug-likeness (QED) is 0.0199. The van der Waals surface area contributed by atoms with Crippen LogP contribution in [0, 0.1) is 0 Å². The molecule has 388 valence electrons. The van der Waals surface area contributed by atoms with Crippen molar-refractivity contribution in [3.8, 4) is 0 Å². The molecule has 0 radical (unpaired) electrons. The van der Waals surface area contributed by atoms with Gasteiger partial charge in [-0.1, -0.05) is 244 Å². The zero-order chi connectivity index (χ0) is 50.0. The van der Waals surface area contributed by atoms with Gasteiger partial charge in [-0.05, 0) is 96.3 Å². The van der Waals surface area contributed by atoms with E-state index < -0.39 is 6.10 Å². The largest absolute Gasteiger partial charge is 0.462 e. The minimum absolute atomic E-state index is 0.108. The third kappa shape index (κ3) is 54.4. The normalized spacial score (nSPS) is 13.1. The first-order valence-corrected chi connectivity index (χ1v) is 27.8. The molecule has 0 spiro atoms. The minimum atomic E-state index is -0.814. The molecule has 0 heterocycles. The molecule has 1 unspecified atom stereocenters. The monoisotopic (exact) mass is 953 g/mol. The van der Waals surface area contributed by atoms with Crippen molar-refractivity contribution in [1.82, 2.24) is 0 Å². The van der Waals surface area contributed by atoms with Gasteiger partial charge in [0.05, 0.1) is 0 Å². The van der Waals surface area contributed by atoms with Crippen LogP contribution in [0.4, 0.5) is 0 Å². The number of carbonyl (C=O) groups excluding carboxylic acids is 3. The highest BCUT2D eigenvalue weighted by atomic mass is 16.6. The number of carbonyl (C=O) groups is 3. The molecule has 0 aliphatic rings. The summed E-state index contributed by atoms with van der Waals surface area (Å²) in [4.78, 5) is 38.1. The Morgan fingerprint density at radius 3 is 1.09 bits per heavy atom. The molecule has 0 saturated carbocycles. The van der Waals surface area contributed by atoms with Gasteiger partial charge in [0, 0.05) is 19.3 Å². The lowest BCUT2D eigenvalue weighted by atomic mass is 10.1. The van der Waals surface area contributed by atoms with Gasteiger partial charge in [0.25, 0.3) is 0 Å². The molecule has 0 aliphatic heterocycles. The van der Waals surface area contributed by atoms with Crippen molar-refractivity contribution in [3.63, 3.8) is 0 Å². The maximum atomic E-state index is 12.8. The van der Waals surface area contributed by atoms with Gasteiger partial charge in [-0.25, -0.2) is 0 Å². The van der Waals surface area contributed by atoms with Gasteiger partial charge in [0.15, 0.2) is 6.10 Å². The molecule has 0 N–H and O–H groups in total. The zero-order valence-corrected chi connectivity index (χ0v) is 44.3. The lowest BCUT2D eigenvalue weighted by Gasteiger charge is -2.18. The first-order valence-electron chi connectivity index (χ1n) is 27.8. The second-order valence-electron chi connectivity index (χ2n) is 17.9. The van der Waals surface area contributed by atoms with Crippen molar-refractivity contribution in [1.29, 1.82) is 0 Å². The zero-order valence-electron chi connectivity index (χ0n) is 44.3. The number of esters is 3. The summed E-state index contributed by atoms with van der Waals surface area (Å²) in [7, 11) is 0. The van der Waals surface area contributed by atoms with E-state index in [9.17, 15) is 14.4 Å². The Hall–Kier alpha value is -4.45. The summed E-state index contributed by atoms with van der Waals surface area (Å²) in [5.41, 5.74) is 0. The van der Waals surface area contributed by atoms with E-state index in [1.807, 2.05) is 60.8 Å². The van der Waals surface area contributed by atoms with Crippen LogP contribution in [0.3, 0.4) is 0 Å². The Balaban J connectivity index is 4.51. The first kappa shape index (κ1) is 64.5. The highest BCUT2D eigenvalue weighted by molar-refractivity contribution is 5.71. The molecule has 69 heavy (non-hydrogen) atoms. The number of allylic oxidation sites excluding steroid dienone is 22. The Bertz CT molecular complexity index is 1510. The van der Waals surface area contributed by atoms with Crippen LogP contribution in [0.15, 0.2) is 134 Å². The maximum Gasteiger partial charge on any atom is 0.306 e. The molecule has 0 aliphatic carbocycles. The molecule has 0 rings (SSSR count). The van der Waals surface area contributed by atoms with E-state index >= 15 is 0 Å². The second kappa shape index (κ2) is 56.1. The van der Waals surface area contributed by atoms with E-state index in [0.29, 0.717) is 19.3 Å². The van der Waals surface area contributed by atoms with Gasteiger partial charge in [0.2, 0.25) is 0 Å². The number of ether oxygens (including phenoxy) is 3. The Labute approximate surface area is 424 Å². The van der Waals surface area contributed by atoms with E-state index in [1.165, 1.54) is 77.0 Å². The van der Waals surface area contributed by atoms with Crippen molar-refractivity contribution in [2.45, 2.75) is 232 Å². The van der Waals surface area contributed by atoms with E-state index in [4.69, 9.17) is 14.2 Å². The summed E-state index contributed by atoms with van der Waals surface area (Å²) >= 11 is 0. The summed E-state index contributed by atoms with van der Waals surface area (Å²) in [5, 5.41) is 0. The van der Waals surface area contributed by atoms with E-state index in [1.54, 1.807) is 0 Å². The average molecular weight is 953 g/mol. The fraction of sp³-hybridized carbons (Fsp3) is 0.603. The lowest BCUT2D eigenvalue weighted by molar-refractivity contribution is -0.167. The predicted molar refractivity (Wildman–Crippen MR) is 297 cm³/mol. The van der Waals surface area contributed by atoms with Crippen LogP contribution in [0.5, 0.6) is 0 Å². The van der Waals surface area contributed by atoms with Crippen LogP contribution in [-0.2, 0) is 28.6 Å². The Morgan fingerprint density at radius 1 is 0.319 bits per heavy atom. The average Bonchev–Trinajstić information content (AvgIpc) is 3.35. The van der Waals surface area contributed by atoms with Crippen molar-refractivity contribution < 1.29 is 28.6 Å². The number of hydrogen-bond donors (Lipinski definition) is 0. The van der Waals surface area contributed by atoms with Crippen LogP contribution >= 0.6 is 0 Å². The second-order valence-corrected chi connectivity index (χ2v) is 17.9. The molecular weight excluding hydrogens is 853 g/mol. The number of unbranched alkanes of at least 4 members (excludes halogenated alkanes) is 21. The van der Waals surface area contributed by atoms with Crippen LogP contribution in [-0.4, -0.2) is 37.2 Å².